The average Bonchev–Trinajstić information content (AvgIpc) is 3.06. The summed E-state index contributed by atoms with van der Waals surface area (Å²) >= 11 is 0. The Morgan fingerprint density at radius 2 is 2.05 bits per heavy atom. The maximum Gasteiger partial charge on any atom is 0.306 e. The van der Waals surface area contributed by atoms with Crippen LogP contribution in [0, 0.1) is 11.8 Å². The highest BCUT2D eigenvalue weighted by Crippen LogP contribution is 2.33. The van der Waals surface area contributed by atoms with Crippen LogP contribution < -0.4 is 0 Å². The van der Waals surface area contributed by atoms with E-state index >= 15 is 0 Å². The second-order valence-corrected chi connectivity index (χ2v) is 5.34. The molecule has 2 aliphatic rings. The Morgan fingerprint density at radius 1 is 1.26 bits per heavy atom. The SMILES string of the molecule is O=C(O)[C@H]1CC[C@@H](C(=O)N2CCn3ccnc3C2)C1. The Bertz CT molecular complexity index is 511. The van der Waals surface area contributed by atoms with Crippen LogP contribution in [0.3, 0.4) is 0 Å². The van der Waals surface area contributed by atoms with Gasteiger partial charge in [-0.25, -0.2) is 4.98 Å². The molecule has 3 rings (SSSR count). The molecular formula is C13H17N3O3. The fourth-order valence-electron chi connectivity index (χ4n) is 3.05. The minimum absolute atomic E-state index is 0.0954. The van der Waals surface area contributed by atoms with Gasteiger partial charge in [0.05, 0.1) is 12.5 Å². The van der Waals surface area contributed by atoms with Gasteiger partial charge in [-0.2, -0.15) is 0 Å². The topological polar surface area (TPSA) is 75.4 Å². The highest BCUT2D eigenvalue weighted by atomic mass is 16.4. The largest absolute Gasteiger partial charge is 0.481 e. The maximum atomic E-state index is 12.4. The van der Waals surface area contributed by atoms with Crippen molar-refractivity contribution >= 4 is 11.9 Å². The fourth-order valence-corrected chi connectivity index (χ4v) is 3.05. The Hall–Kier alpha value is -1.85. The van der Waals surface area contributed by atoms with Crippen LogP contribution in [-0.4, -0.2) is 38.0 Å². The summed E-state index contributed by atoms with van der Waals surface area (Å²) in [6, 6.07) is 0. The lowest BCUT2D eigenvalue weighted by atomic mass is 10.0. The lowest BCUT2D eigenvalue weighted by molar-refractivity contribution is -0.141. The first kappa shape index (κ1) is 12.2. The Kier molecular flexibility index (Phi) is 3.00. The van der Waals surface area contributed by atoms with Crippen molar-refractivity contribution in [2.75, 3.05) is 6.54 Å². The molecule has 2 atom stereocenters. The summed E-state index contributed by atoms with van der Waals surface area (Å²) in [5.74, 6) is -0.238. The maximum absolute atomic E-state index is 12.4. The standard InChI is InChI=1S/C13H17N3O3/c17-12(9-1-2-10(7-9)13(18)19)16-6-5-15-4-3-14-11(15)8-16/h3-4,9-10H,1-2,5-8H2,(H,18,19)/t9-,10+/m1/s1. The summed E-state index contributed by atoms with van der Waals surface area (Å²) in [4.78, 5) is 29.4. The molecule has 1 N–H and O–H groups in total. The monoisotopic (exact) mass is 263 g/mol. The second-order valence-electron chi connectivity index (χ2n) is 5.34. The number of carbonyl (C=O) groups is 2. The van der Waals surface area contributed by atoms with Crippen LogP contribution in [0.5, 0.6) is 0 Å². The number of carbonyl (C=O) groups excluding carboxylic acids is 1. The molecule has 1 aromatic heterocycles. The molecule has 0 spiro atoms. The zero-order valence-corrected chi connectivity index (χ0v) is 10.7. The van der Waals surface area contributed by atoms with Gasteiger partial charge in [0.15, 0.2) is 0 Å². The first-order valence-corrected chi connectivity index (χ1v) is 6.66. The highest BCUT2D eigenvalue weighted by Gasteiger charge is 2.36. The third-order valence-electron chi connectivity index (χ3n) is 4.19. The second kappa shape index (κ2) is 4.68. The molecule has 6 heteroatoms. The van der Waals surface area contributed by atoms with Crippen LogP contribution >= 0.6 is 0 Å². The van der Waals surface area contributed by atoms with Crippen LogP contribution in [0.2, 0.25) is 0 Å². The van der Waals surface area contributed by atoms with Crippen LogP contribution in [0.4, 0.5) is 0 Å². The van der Waals surface area contributed by atoms with Crippen molar-refractivity contribution in [3.63, 3.8) is 0 Å². The predicted octanol–water partition coefficient (Wildman–Crippen LogP) is 0.726. The average molecular weight is 263 g/mol. The van der Waals surface area contributed by atoms with Crippen LogP contribution in [0.25, 0.3) is 0 Å². The Labute approximate surface area is 111 Å². The van der Waals surface area contributed by atoms with Gasteiger partial charge in [0.25, 0.3) is 0 Å². The quantitative estimate of drug-likeness (QED) is 0.853. The van der Waals surface area contributed by atoms with Gasteiger partial charge in [0.2, 0.25) is 5.91 Å². The summed E-state index contributed by atoms with van der Waals surface area (Å²) in [7, 11) is 0. The number of carboxylic acid groups (broad SMARTS) is 1. The van der Waals surface area contributed by atoms with Crippen LogP contribution in [-0.2, 0) is 22.7 Å². The first-order valence-electron chi connectivity index (χ1n) is 6.66. The van der Waals surface area contributed by atoms with Gasteiger partial charge in [0.1, 0.15) is 5.82 Å². The molecular weight excluding hydrogens is 246 g/mol. The predicted molar refractivity (Wildman–Crippen MR) is 66.1 cm³/mol. The van der Waals surface area contributed by atoms with Crippen LogP contribution in [0.1, 0.15) is 25.1 Å². The number of carboxylic acids is 1. The number of aliphatic carboxylic acids is 1. The number of hydrogen-bond donors (Lipinski definition) is 1. The molecule has 0 saturated heterocycles. The number of aromatic nitrogens is 2. The summed E-state index contributed by atoms with van der Waals surface area (Å²) in [6.07, 6.45) is 5.47. The van der Waals surface area contributed by atoms with Crippen molar-refractivity contribution in [2.45, 2.75) is 32.4 Å². The fraction of sp³-hybridized carbons (Fsp3) is 0.615. The molecule has 1 fully saturated rings. The minimum Gasteiger partial charge on any atom is -0.481 e. The van der Waals surface area contributed by atoms with E-state index in [0.717, 1.165) is 12.4 Å². The smallest absolute Gasteiger partial charge is 0.306 e. The van der Waals surface area contributed by atoms with E-state index in [2.05, 4.69) is 9.55 Å². The third kappa shape index (κ3) is 2.22. The molecule has 1 amide bonds. The number of amides is 1. The number of fused-ring (bicyclic) bond motifs is 1. The van der Waals surface area contributed by atoms with E-state index in [1.54, 1.807) is 6.20 Å². The minimum atomic E-state index is -0.774. The van der Waals surface area contributed by atoms with E-state index in [4.69, 9.17) is 5.11 Å². The van der Waals surface area contributed by atoms with Crippen molar-refractivity contribution < 1.29 is 14.7 Å². The molecule has 19 heavy (non-hydrogen) atoms. The molecule has 0 aromatic carbocycles. The third-order valence-corrected chi connectivity index (χ3v) is 4.19. The number of rotatable bonds is 2. The summed E-state index contributed by atoms with van der Waals surface area (Å²) in [6.45, 7) is 2.01. The van der Waals surface area contributed by atoms with E-state index < -0.39 is 5.97 Å². The summed E-state index contributed by atoms with van der Waals surface area (Å²) in [5, 5.41) is 8.99. The molecule has 0 unspecified atom stereocenters. The van der Waals surface area contributed by atoms with Crippen molar-refractivity contribution in [3.8, 4) is 0 Å². The molecule has 1 saturated carbocycles. The molecule has 1 aromatic rings. The lowest BCUT2D eigenvalue weighted by Gasteiger charge is -2.29. The van der Waals surface area contributed by atoms with Gasteiger partial charge in [0, 0.05) is 31.4 Å². The Morgan fingerprint density at radius 3 is 2.79 bits per heavy atom. The van der Waals surface area contributed by atoms with Crippen molar-refractivity contribution in [2.24, 2.45) is 11.8 Å². The lowest BCUT2D eigenvalue weighted by Crippen LogP contribution is -2.41. The Balaban J connectivity index is 1.65. The normalized spacial score (nSPS) is 26.2. The van der Waals surface area contributed by atoms with Crippen molar-refractivity contribution in [1.82, 2.24) is 14.5 Å². The molecule has 6 nitrogen and oxygen atoms in total. The van der Waals surface area contributed by atoms with Crippen LogP contribution in [0.15, 0.2) is 12.4 Å². The highest BCUT2D eigenvalue weighted by molar-refractivity contribution is 5.81. The summed E-state index contributed by atoms with van der Waals surface area (Å²) < 4.78 is 2.05. The van der Waals surface area contributed by atoms with E-state index in [0.29, 0.717) is 32.4 Å². The zero-order chi connectivity index (χ0) is 13.4. The molecule has 1 aliphatic heterocycles. The number of imidazole rings is 1. The first-order chi connectivity index (χ1) is 9.15. The van der Waals surface area contributed by atoms with Gasteiger partial charge in [-0.1, -0.05) is 0 Å². The van der Waals surface area contributed by atoms with Gasteiger partial charge in [-0.3, -0.25) is 9.59 Å². The molecule has 1 aliphatic carbocycles. The summed E-state index contributed by atoms with van der Waals surface area (Å²) in [5.41, 5.74) is 0. The van der Waals surface area contributed by atoms with Gasteiger partial charge >= 0.3 is 5.97 Å². The molecule has 2 heterocycles. The number of nitrogens with zero attached hydrogens (tertiary/aromatic N) is 3. The van der Waals surface area contributed by atoms with E-state index in [9.17, 15) is 9.59 Å². The van der Waals surface area contributed by atoms with Crippen molar-refractivity contribution in [3.05, 3.63) is 18.2 Å². The molecule has 0 bridgehead atoms. The molecule has 0 radical (unpaired) electrons. The van der Waals surface area contributed by atoms with E-state index in [1.165, 1.54) is 0 Å². The molecule has 102 valence electrons. The van der Waals surface area contributed by atoms with Gasteiger partial charge in [-0.05, 0) is 19.3 Å². The van der Waals surface area contributed by atoms with Crippen molar-refractivity contribution in [1.29, 1.82) is 0 Å². The van der Waals surface area contributed by atoms with E-state index in [-0.39, 0.29) is 17.7 Å². The van der Waals surface area contributed by atoms with Gasteiger partial charge in [-0.15, -0.1) is 0 Å². The zero-order valence-electron chi connectivity index (χ0n) is 10.7. The van der Waals surface area contributed by atoms with Gasteiger partial charge < -0.3 is 14.6 Å². The number of hydrogen-bond acceptors (Lipinski definition) is 3. The van der Waals surface area contributed by atoms with E-state index in [1.807, 2.05) is 11.1 Å².